The molecule has 0 saturated heterocycles. The lowest BCUT2D eigenvalue weighted by molar-refractivity contribution is 0.565. The van der Waals surface area contributed by atoms with E-state index in [4.69, 9.17) is 10.2 Å². The van der Waals surface area contributed by atoms with Gasteiger partial charge >= 0.3 is 0 Å². The van der Waals surface area contributed by atoms with Gasteiger partial charge in [-0.05, 0) is 36.1 Å². The standard InChI is InChI=1S/C26H25N5/c1-18(8-7-14-27)16-29-22-12-5-3-4-9-19(2)25-20(22)10-6-11-21(25)26-30-23-13-15-28-17-24(23)31-26/h3-6,8-11,13,15,17,22,29H,2,7,12,16H2,1H3,(H,30,31)/b5-3-,9-4-,18-8+. The third-order valence-electron chi connectivity index (χ3n) is 5.42. The summed E-state index contributed by atoms with van der Waals surface area (Å²) >= 11 is 0. The molecule has 0 saturated carbocycles. The number of nitrogens with one attached hydrogen (secondary N) is 2. The molecule has 0 spiro atoms. The summed E-state index contributed by atoms with van der Waals surface area (Å²) in [5.41, 5.74) is 7.20. The molecular formula is C26H25N5. The molecule has 1 atom stereocenters. The van der Waals surface area contributed by atoms with Crippen molar-refractivity contribution in [1.29, 1.82) is 5.26 Å². The van der Waals surface area contributed by atoms with Crippen LogP contribution in [0.3, 0.4) is 0 Å². The molecule has 2 aromatic heterocycles. The van der Waals surface area contributed by atoms with E-state index in [9.17, 15) is 0 Å². The van der Waals surface area contributed by atoms with Crippen LogP contribution < -0.4 is 5.32 Å². The van der Waals surface area contributed by atoms with E-state index in [0.29, 0.717) is 6.42 Å². The number of benzene rings is 1. The van der Waals surface area contributed by atoms with E-state index in [0.717, 1.165) is 52.1 Å². The van der Waals surface area contributed by atoms with Crippen LogP contribution in [-0.2, 0) is 0 Å². The van der Waals surface area contributed by atoms with Crippen LogP contribution in [0.5, 0.6) is 0 Å². The van der Waals surface area contributed by atoms with Gasteiger partial charge in [0.1, 0.15) is 5.82 Å². The molecule has 1 aliphatic rings. The molecule has 1 aliphatic carbocycles. The highest BCUT2D eigenvalue weighted by atomic mass is 14.9. The predicted octanol–water partition coefficient (Wildman–Crippen LogP) is 5.64. The predicted molar refractivity (Wildman–Crippen MR) is 126 cm³/mol. The number of pyridine rings is 1. The molecule has 2 N–H and O–H groups in total. The van der Waals surface area contributed by atoms with Crippen molar-refractivity contribution in [3.63, 3.8) is 0 Å². The number of imidazole rings is 1. The second-order valence-corrected chi connectivity index (χ2v) is 7.64. The number of hydrogen-bond donors (Lipinski definition) is 2. The minimum atomic E-state index is 0.110. The average Bonchev–Trinajstić information content (AvgIpc) is 3.24. The molecule has 3 aromatic rings. The van der Waals surface area contributed by atoms with E-state index >= 15 is 0 Å². The van der Waals surface area contributed by atoms with Crippen molar-refractivity contribution in [3.8, 4) is 17.5 Å². The first-order valence-corrected chi connectivity index (χ1v) is 10.4. The van der Waals surface area contributed by atoms with Crippen LogP contribution in [0.1, 0.15) is 36.9 Å². The number of hydrogen-bond acceptors (Lipinski definition) is 4. The van der Waals surface area contributed by atoms with Crippen LogP contribution in [0.25, 0.3) is 28.0 Å². The van der Waals surface area contributed by atoms with Gasteiger partial charge in [-0.25, -0.2) is 4.98 Å². The summed E-state index contributed by atoms with van der Waals surface area (Å²) in [5.74, 6) is 0.811. The van der Waals surface area contributed by atoms with Gasteiger partial charge in [0.05, 0.1) is 29.7 Å². The van der Waals surface area contributed by atoms with Crippen LogP contribution in [0.2, 0.25) is 0 Å². The zero-order chi connectivity index (χ0) is 21.6. The lowest BCUT2D eigenvalue weighted by atomic mass is 9.89. The van der Waals surface area contributed by atoms with Crippen LogP contribution in [0.4, 0.5) is 0 Å². The van der Waals surface area contributed by atoms with E-state index in [1.807, 2.05) is 24.3 Å². The first-order chi connectivity index (χ1) is 15.2. The molecule has 0 fully saturated rings. The molecule has 5 heteroatoms. The summed E-state index contributed by atoms with van der Waals surface area (Å²) in [6.07, 6.45) is 15.1. The molecular weight excluding hydrogens is 382 g/mol. The van der Waals surface area contributed by atoms with Crippen molar-refractivity contribution < 1.29 is 0 Å². The zero-order valence-electron chi connectivity index (χ0n) is 17.6. The first-order valence-electron chi connectivity index (χ1n) is 10.4. The largest absolute Gasteiger partial charge is 0.337 e. The molecule has 5 nitrogen and oxygen atoms in total. The van der Waals surface area contributed by atoms with Crippen molar-refractivity contribution in [1.82, 2.24) is 20.3 Å². The maximum absolute atomic E-state index is 8.83. The van der Waals surface area contributed by atoms with Crippen LogP contribution in [0.15, 0.2) is 79.2 Å². The number of nitriles is 1. The van der Waals surface area contributed by atoms with Crippen LogP contribution in [0, 0.1) is 11.3 Å². The van der Waals surface area contributed by atoms with Crippen molar-refractivity contribution in [3.05, 3.63) is 90.3 Å². The molecule has 1 aromatic carbocycles. The number of aromatic nitrogens is 3. The molecule has 0 amide bonds. The summed E-state index contributed by atoms with van der Waals surface area (Å²) in [5, 5.41) is 12.5. The summed E-state index contributed by atoms with van der Waals surface area (Å²) in [6, 6.07) is 10.5. The number of fused-ring (bicyclic) bond motifs is 2. The Morgan fingerprint density at radius 3 is 3.10 bits per heavy atom. The lowest BCUT2D eigenvalue weighted by Gasteiger charge is -2.23. The minimum Gasteiger partial charge on any atom is -0.337 e. The summed E-state index contributed by atoms with van der Waals surface area (Å²) in [4.78, 5) is 12.4. The Bertz CT molecular complexity index is 1200. The molecule has 31 heavy (non-hydrogen) atoms. The van der Waals surface area contributed by atoms with Gasteiger partial charge in [0, 0.05) is 24.3 Å². The maximum Gasteiger partial charge on any atom is 0.139 e. The molecule has 154 valence electrons. The highest BCUT2D eigenvalue weighted by Crippen LogP contribution is 2.36. The number of nitrogens with zero attached hydrogens (tertiary/aromatic N) is 3. The topological polar surface area (TPSA) is 77.4 Å². The number of aromatic amines is 1. The first kappa shape index (κ1) is 20.5. The monoisotopic (exact) mass is 407 g/mol. The van der Waals surface area contributed by atoms with Crippen LogP contribution >= 0.6 is 0 Å². The normalized spacial score (nSPS) is 18.5. The third kappa shape index (κ3) is 4.55. The van der Waals surface area contributed by atoms with E-state index < -0.39 is 0 Å². The van der Waals surface area contributed by atoms with Gasteiger partial charge in [-0.1, -0.05) is 60.7 Å². The Morgan fingerprint density at radius 1 is 1.35 bits per heavy atom. The van der Waals surface area contributed by atoms with Crippen molar-refractivity contribution >= 4 is 16.6 Å². The molecule has 0 bridgehead atoms. The van der Waals surface area contributed by atoms with Gasteiger partial charge in [0.25, 0.3) is 0 Å². The fourth-order valence-electron chi connectivity index (χ4n) is 3.85. The van der Waals surface area contributed by atoms with E-state index in [-0.39, 0.29) is 6.04 Å². The van der Waals surface area contributed by atoms with Gasteiger partial charge in [0.15, 0.2) is 0 Å². The molecule has 1 unspecified atom stereocenters. The summed E-state index contributed by atoms with van der Waals surface area (Å²) < 4.78 is 0. The lowest BCUT2D eigenvalue weighted by Crippen LogP contribution is -2.24. The summed E-state index contributed by atoms with van der Waals surface area (Å²) in [6.45, 7) is 7.13. The Labute approximate surface area is 182 Å². The van der Waals surface area contributed by atoms with Crippen LogP contribution in [-0.4, -0.2) is 21.5 Å². The Morgan fingerprint density at radius 2 is 2.26 bits per heavy atom. The number of H-pyrrole nitrogens is 1. The highest BCUT2D eigenvalue weighted by Gasteiger charge is 2.20. The SMILES string of the molecule is C=C1/C=C\C=C/CC(NC/C(C)=C/CC#N)c2cccc(-c3nc4ccncc4[nH]3)c21. The zero-order valence-corrected chi connectivity index (χ0v) is 17.6. The van der Waals surface area contributed by atoms with Crippen molar-refractivity contribution in [2.45, 2.75) is 25.8 Å². The van der Waals surface area contributed by atoms with Crippen molar-refractivity contribution in [2.24, 2.45) is 0 Å². The fraction of sp³-hybridized carbons (Fsp3) is 0.192. The van der Waals surface area contributed by atoms with Gasteiger partial charge in [-0.15, -0.1) is 0 Å². The Balaban J connectivity index is 1.77. The average molecular weight is 408 g/mol. The Hall–Kier alpha value is -3.75. The van der Waals surface area contributed by atoms with Gasteiger partial charge < -0.3 is 10.3 Å². The van der Waals surface area contributed by atoms with Gasteiger partial charge in [-0.2, -0.15) is 5.26 Å². The van der Waals surface area contributed by atoms with Gasteiger partial charge in [0.2, 0.25) is 0 Å². The molecule has 2 heterocycles. The molecule has 0 radical (unpaired) electrons. The highest BCUT2D eigenvalue weighted by molar-refractivity contribution is 5.87. The number of allylic oxidation sites excluding steroid dienone is 5. The Kier molecular flexibility index (Phi) is 6.21. The maximum atomic E-state index is 8.83. The smallest absolute Gasteiger partial charge is 0.139 e. The second kappa shape index (κ2) is 9.38. The molecule has 4 rings (SSSR count). The fourth-order valence-corrected chi connectivity index (χ4v) is 3.85. The quantitative estimate of drug-likeness (QED) is 0.536. The second-order valence-electron chi connectivity index (χ2n) is 7.64. The van der Waals surface area contributed by atoms with Gasteiger partial charge in [-0.3, -0.25) is 4.98 Å². The minimum absolute atomic E-state index is 0.110. The van der Waals surface area contributed by atoms with E-state index in [2.05, 4.69) is 65.2 Å². The summed E-state index contributed by atoms with van der Waals surface area (Å²) in [7, 11) is 0. The van der Waals surface area contributed by atoms with E-state index in [1.54, 1.807) is 12.4 Å². The number of rotatable bonds is 5. The van der Waals surface area contributed by atoms with E-state index in [1.165, 1.54) is 5.56 Å². The molecule has 0 aliphatic heterocycles. The van der Waals surface area contributed by atoms with Crippen molar-refractivity contribution in [2.75, 3.05) is 6.54 Å². The third-order valence-corrected chi connectivity index (χ3v) is 5.42.